The molecule has 0 fully saturated rings. The molecule has 2 rings (SSSR count). The van der Waals surface area contributed by atoms with Crippen molar-refractivity contribution in [3.05, 3.63) is 42.2 Å². The first kappa shape index (κ1) is 25.3. The van der Waals surface area contributed by atoms with E-state index < -0.39 is 29.7 Å². The lowest BCUT2D eigenvalue weighted by Gasteiger charge is -2.24. The smallest absolute Gasteiger partial charge is 0.348 e. The number of esters is 1. The highest BCUT2D eigenvalue weighted by molar-refractivity contribution is 7.14. The van der Waals surface area contributed by atoms with E-state index in [1.165, 1.54) is 23.0 Å². The van der Waals surface area contributed by atoms with E-state index in [-0.39, 0.29) is 24.7 Å². The number of carbonyl (C=O) groups excluding carboxylic acids is 2. The van der Waals surface area contributed by atoms with Gasteiger partial charge in [0.25, 0.3) is 11.5 Å². The largest absolute Gasteiger partial charge is 0.451 e. The summed E-state index contributed by atoms with van der Waals surface area (Å²) < 4.78 is 11.5. The molecule has 2 aromatic rings. The molecule has 0 unspecified atom stereocenters. The molecule has 11 heteroatoms. The fourth-order valence-corrected chi connectivity index (χ4v) is 4.18. The number of rotatable bonds is 11. The van der Waals surface area contributed by atoms with Gasteiger partial charge in [0.15, 0.2) is 12.3 Å². The van der Waals surface area contributed by atoms with Gasteiger partial charge in [0.2, 0.25) is 0 Å². The van der Waals surface area contributed by atoms with Crippen LogP contribution in [0.15, 0.2) is 15.7 Å². The fraction of sp³-hybridized carbons (Fsp3) is 0.524. The van der Waals surface area contributed by atoms with E-state index in [2.05, 4.69) is 4.98 Å². The van der Waals surface area contributed by atoms with Gasteiger partial charge in [0.1, 0.15) is 10.7 Å². The summed E-state index contributed by atoms with van der Waals surface area (Å²) in [5.41, 5.74) is 5.51. The molecule has 10 nitrogen and oxygen atoms in total. The Morgan fingerprint density at radius 1 is 1.28 bits per heavy atom. The molecule has 0 aliphatic carbocycles. The van der Waals surface area contributed by atoms with E-state index in [1.54, 1.807) is 6.07 Å². The lowest BCUT2D eigenvalue weighted by Crippen LogP contribution is -2.44. The number of hydrogen-bond acceptors (Lipinski definition) is 8. The molecule has 0 saturated heterocycles. The van der Waals surface area contributed by atoms with E-state index in [0.29, 0.717) is 17.8 Å². The lowest BCUT2D eigenvalue weighted by molar-refractivity contribution is -0.121. The van der Waals surface area contributed by atoms with Crippen molar-refractivity contribution in [3.8, 4) is 0 Å². The Bertz CT molecular complexity index is 1070. The number of methoxy groups -OCH3 is 1. The van der Waals surface area contributed by atoms with Crippen LogP contribution >= 0.6 is 11.3 Å². The van der Waals surface area contributed by atoms with Gasteiger partial charge >= 0.3 is 11.7 Å². The van der Waals surface area contributed by atoms with E-state index in [0.717, 1.165) is 28.2 Å². The minimum atomic E-state index is -0.794. The van der Waals surface area contributed by atoms with E-state index in [1.807, 2.05) is 20.8 Å². The minimum Gasteiger partial charge on any atom is -0.451 e. The minimum absolute atomic E-state index is 0.00968. The third-order valence-electron chi connectivity index (χ3n) is 4.91. The number of anilines is 2. The summed E-state index contributed by atoms with van der Waals surface area (Å²) >= 11 is 1.32. The number of hydrogen-bond donors (Lipinski definition) is 2. The van der Waals surface area contributed by atoms with Crippen LogP contribution in [-0.4, -0.2) is 48.3 Å². The first-order valence-electron chi connectivity index (χ1n) is 10.4. The number of nitrogens with two attached hydrogens (primary N) is 1. The van der Waals surface area contributed by atoms with Crippen LogP contribution in [-0.2, 0) is 27.2 Å². The summed E-state index contributed by atoms with van der Waals surface area (Å²) in [6, 6.07) is 1.73. The van der Waals surface area contributed by atoms with Crippen molar-refractivity contribution in [2.24, 2.45) is 0 Å². The van der Waals surface area contributed by atoms with Crippen molar-refractivity contribution < 1.29 is 19.1 Å². The number of carbonyl (C=O) groups is 2. The maximum atomic E-state index is 12.9. The van der Waals surface area contributed by atoms with Crippen molar-refractivity contribution in [1.29, 1.82) is 0 Å². The van der Waals surface area contributed by atoms with Crippen LogP contribution in [0.2, 0.25) is 0 Å². The number of nitrogens with zero attached hydrogens (tertiary/aromatic N) is 2. The van der Waals surface area contributed by atoms with Crippen molar-refractivity contribution in [1.82, 2.24) is 9.55 Å². The van der Waals surface area contributed by atoms with Crippen LogP contribution in [0.5, 0.6) is 0 Å². The molecule has 0 aliphatic rings. The second-order valence-electron chi connectivity index (χ2n) is 7.18. The van der Waals surface area contributed by atoms with Gasteiger partial charge in [0, 0.05) is 25.1 Å². The quantitative estimate of drug-likeness (QED) is 0.481. The first-order chi connectivity index (χ1) is 15.2. The van der Waals surface area contributed by atoms with Crippen molar-refractivity contribution in [2.75, 3.05) is 37.5 Å². The summed E-state index contributed by atoms with van der Waals surface area (Å²) in [5.74, 6) is -1.39. The number of aromatic amines is 1. The maximum absolute atomic E-state index is 12.9. The molecule has 0 atom stereocenters. The third-order valence-corrected chi connectivity index (χ3v) is 6.27. The molecule has 3 N–H and O–H groups in total. The standard InChI is InChI=1S/C21H30N4O6S/c1-5-7-8-25-18(22)17(19(27)23-21(25)29)24(9-10-30-4)16(26)12-31-20(28)15-11-13(3)14(6-2)32-15/h11H,5-10,12,22H2,1-4H3,(H,23,27,29). The van der Waals surface area contributed by atoms with Crippen molar-refractivity contribution >= 4 is 34.7 Å². The van der Waals surface area contributed by atoms with Gasteiger partial charge in [-0.25, -0.2) is 9.59 Å². The molecule has 0 aliphatic heterocycles. The zero-order valence-electron chi connectivity index (χ0n) is 18.9. The van der Waals surface area contributed by atoms with Crippen molar-refractivity contribution in [2.45, 2.75) is 46.6 Å². The van der Waals surface area contributed by atoms with Crippen LogP contribution in [0.4, 0.5) is 11.5 Å². The SMILES string of the molecule is CCCCn1c(N)c(N(CCOC)C(=O)COC(=O)c2cc(C)c(CC)s2)c(=O)[nH]c1=O. The Balaban J connectivity index is 2.29. The van der Waals surface area contributed by atoms with Crippen LogP contribution in [0.25, 0.3) is 0 Å². The van der Waals surface area contributed by atoms with E-state index >= 15 is 0 Å². The summed E-state index contributed by atoms with van der Waals surface area (Å²) in [7, 11) is 1.45. The highest BCUT2D eigenvalue weighted by Gasteiger charge is 2.25. The molecule has 0 bridgehead atoms. The van der Waals surface area contributed by atoms with Crippen LogP contribution in [0.1, 0.15) is 46.8 Å². The molecule has 0 aromatic carbocycles. The molecule has 2 heterocycles. The molecule has 0 radical (unpaired) electrons. The Morgan fingerprint density at radius 3 is 2.59 bits per heavy atom. The third kappa shape index (κ3) is 5.86. The maximum Gasteiger partial charge on any atom is 0.348 e. The lowest BCUT2D eigenvalue weighted by atomic mass is 10.2. The zero-order valence-corrected chi connectivity index (χ0v) is 19.7. The zero-order chi connectivity index (χ0) is 23.8. The Kier molecular flexibility index (Phi) is 9.21. The molecular weight excluding hydrogens is 436 g/mol. The number of unbranched alkanes of at least 4 members (excludes halogenated alkanes) is 1. The Hall–Kier alpha value is -2.92. The summed E-state index contributed by atoms with van der Waals surface area (Å²) in [6.45, 7) is 5.66. The predicted molar refractivity (Wildman–Crippen MR) is 124 cm³/mol. The van der Waals surface area contributed by atoms with Crippen LogP contribution < -0.4 is 21.9 Å². The Morgan fingerprint density at radius 2 is 2.00 bits per heavy atom. The van der Waals surface area contributed by atoms with Gasteiger partial charge in [-0.1, -0.05) is 20.3 Å². The number of amides is 1. The summed E-state index contributed by atoms with van der Waals surface area (Å²) in [4.78, 5) is 54.8. The fourth-order valence-electron chi connectivity index (χ4n) is 3.17. The highest BCUT2D eigenvalue weighted by atomic mass is 32.1. The van der Waals surface area contributed by atoms with Gasteiger partial charge in [-0.2, -0.15) is 0 Å². The van der Waals surface area contributed by atoms with Gasteiger partial charge in [-0.3, -0.25) is 24.0 Å². The number of thiophene rings is 1. The van der Waals surface area contributed by atoms with Crippen molar-refractivity contribution in [3.63, 3.8) is 0 Å². The monoisotopic (exact) mass is 466 g/mol. The molecular formula is C21H30N4O6S. The van der Waals surface area contributed by atoms with E-state index in [9.17, 15) is 19.2 Å². The Labute approximate surface area is 189 Å². The van der Waals surface area contributed by atoms with Gasteiger partial charge in [-0.05, 0) is 31.4 Å². The van der Waals surface area contributed by atoms with E-state index in [4.69, 9.17) is 15.2 Å². The molecule has 2 aromatic heterocycles. The second-order valence-corrected chi connectivity index (χ2v) is 8.32. The first-order valence-corrected chi connectivity index (χ1v) is 11.2. The number of nitrogens with one attached hydrogen (secondary N) is 1. The summed E-state index contributed by atoms with van der Waals surface area (Å²) in [6.07, 6.45) is 2.27. The molecule has 1 amide bonds. The highest BCUT2D eigenvalue weighted by Crippen LogP contribution is 2.23. The average Bonchev–Trinajstić information content (AvgIpc) is 3.14. The second kappa shape index (κ2) is 11.6. The normalized spacial score (nSPS) is 10.9. The predicted octanol–water partition coefficient (Wildman–Crippen LogP) is 1.69. The number of H-pyrrole nitrogens is 1. The number of aromatic nitrogens is 2. The molecule has 0 spiro atoms. The molecule has 176 valence electrons. The number of aryl methyl sites for hydroxylation is 2. The number of ether oxygens (including phenoxy) is 2. The van der Waals surface area contributed by atoms with Crippen LogP contribution in [0, 0.1) is 6.92 Å². The van der Waals surface area contributed by atoms with Gasteiger partial charge in [0.05, 0.1) is 6.61 Å². The number of nitrogen functional groups attached to an aromatic ring is 1. The van der Waals surface area contributed by atoms with Crippen LogP contribution in [0.3, 0.4) is 0 Å². The van der Waals surface area contributed by atoms with Gasteiger partial charge < -0.3 is 15.2 Å². The average molecular weight is 467 g/mol. The topological polar surface area (TPSA) is 137 Å². The summed E-state index contributed by atoms with van der Waals surface area (Å²) in [5, 5.41) is 0. The molecule has 0 saturated carbocycles. The molecule has 32 heavy (non-hydrogen) atoms. The van der Waals surface area contributed by atoms with Gasteiger partial charge in [-0.15, -0.1) is 11.3 Å².